The number of hydrogen-bond donors (Lipinski definition) is 0. The molecule has 1 unspecified atom stereocenters. The van der Waals surface area contributed by atoms with E-state index < -0.39 is 35.3 Å². The molecule has 0 radical (unpaired) electrons. The van der Waals surface area contributed by atoms with Crippen LogP contribution < -0.4 is 14.5 Å². The second-order valence-electron chi connectivity index (χ2n) is 13.0. The van der Waals surface area contributed by atoms with Gasteiger partial charge in [0, 0.05) is 49.2 Å². The predicted molar refractivity (Wildman–Crippen MR) is 174 cm³/mol. The number of anilines is 2. The molecule has 1 amide bonds. The molecular weight excluding hydrogens is 631 g/mol. The van der Waals surface area contributed by atoms with Crippen LogP contribution in [0.4, 0.5) is 24.7 Å². The van der Waals surface area contributed by atoms with Crippen molar-refractivity contribution in [2.45, 2.75) is 55.8 Å². The van der Waals surface area contributed by atoms with E-state index in [9.17, 15) is 18.0 Å². The SMILES string of the molecule is [C-]#[N+]C[C@H]1CN(c2nc(OC3(C4CC(F)(F)CN4C)CC3)nc3c2CCN(c2cccc4cccc(Cl)c24)C3)CCN1C(=O)C(=C)F. The van der Waals surface area contributed by atoms with Gasteiger partial charge in [-0.25, -0.2) is 19.7 Å². The molecular formula is C34H35ClF3N7O2. The molecule has 1 aromatic heterocycles. The summed E-state index contributed by atoms with van der Waals surface area (Å²) in [6.45, 7) is 12.2. The summed E-state index contributed by atoms with van der Waals surface area (Å²) < 4.78 is 49.3. The number of carbonyl (C=O) groups is 1. The maximum Gasteiger partial charge on any atom is 0.319 e. The average molecular weight is 666 g/mol. The maximum atomic E-state index is 14.4. The van der Waals surface area contributed by atoms with Gasteiger partial charge in [-0.3, -0.25) is 9.69 Å². The molecule has 9 nitrogen and oxygen atoms in total. The summed E-state index contributed by atoms with van der Waals surface area (Å²) in [5, 5.41) is 2.62. The minimum atomic E-state index is -2.79. The first kappa shape index (κ1) is 31.5. The molecule has 3 aromatic rings. The molecule has 0 N–H and O–H groups in total. The van der Waals surface area contributed by atoms with E-state index in [4.69, 9.17) is 32.9 Å². The van der Waals surface area contributed by atoms with Gasteiger partial charge in [-0.1, -0.05) is 42.4 Å². The van der Waals surface area contributed by atoms with Crippen LogP contribution in [0.3, 0.4) is 0 Å². The Hall–Kier alpha value is -4.08. The van der Waals surface area contributed by atoms with Gasteiger partial charge < -0.3 is 24.3 Å². The van der Waals surface area contributed by atoms with E-state index in [2.05, 4.69) is 16.3 Å². The van der Waals surface area contributed by atoms with Gasteiger partial charge in [0.2, 0.25) is 6.54 Å². The molecule has 4 aliphatic rings. The lowest BCUT2D eigenvalue weighted by atomic mass is 10.0. The van der Waals surface area contributed by atoms with Crippen LogP contribution in [0.5, 0.6) is 6.01 Å². The molecule has 1 aliphatic carbocycles. The summed E-state index contributed by atoms with van der Waals surface area (Å²) in [5.74, 6) is -4.04. The highest BCUT2D eigenvalue weighted by molar-refractivity contribution is 6.36. The number of piperazine rings is 1. The number of aromatic nitrogens is 2. The summed E-state index contributed by atoms with van der Waals surface area (Å²) in [4.78, 5) is 33.2. The number of amides is 1. The van der Waals surface area contributed by atoms with Crippen LogP contribution in [0, 0.1) is 6.57 Å². The van der Waals surface area contributed by atoms with Crippen molar-refractivity contribution in [3.63, 3.8) is 0 Å². The molecule has 3 fully saturated rings. The summed E-state index contributed by atoms with van der Waals surface area (Å²) in [5.41, 5.74) is 1.84. The van der Waals surface area contributed by atoms with Gasteiger partial charge in [0.25, 0.3) is 11.8 Å². The lowest BCUT2D eigenvalue weighted by Crippen LogP contribution is -2.57. The molecule has 3 aliphatic heterocycles. The molecule has 0 spiro atoms. The zero-order valence-corrected chi connectivity index (χ0v) is 26.8. The summed E-state index contributed by atoms with van der Waals surface area (Å²) in [7, 11) is 1.70. The Balaban J connectivity index is 1.25. The second-order valence-corrected chi connectivity index (χ2v) is 13.5. The zero-order valence-electron chi connectivity index (χ0n) is 26.1. The number of carbonyl (C=O) groups excluding carboxylic acids is 1. The van der Waals surface area contributed by atoms with Crippen molar-refractivity contribution in [1.29, 1.82) is 0 Å². The lowest BCUT2D eigenvalue weighted by molar-refractivity contribution is -0.131. The molecule has 2 saturated heterocycles. The Morgan fingerprint density at radius 3 is 2.60 bits per heavy atom. The van der Waals surface area contributed by atoms with E-state index >= 15 is 0 Å². The lowest BCUT2D eigenvalue weighted by Gasteiger charge is -2.41. The van der Waals surface area contributed by atoms with Crippen molar-refractivity contribution in [2.24, 2.45) is 0 Å². The number of ether oxygens (including phenoxy) is 1. The van der Waals surface area contributed by atoms with Gasteiger partial charge in [-0.05, 0) is 43.8 Å². The van der Waals surface area contributed by atoms with Gasteiger partial charge in [0.15, 0.2) is 5.83 Å². The molecule has 2 aromatic carbocycles. The van der Waals surface area contributed by atoms with Crippen molar-refractivity contribution in [2.75, 3.05) is 56.1 Å². The monoisotopic (exact) mass is 665 g/mol. The van der Waals surface area contributed by atoms with Crippen LogP contribution in [0.1, 0.15) is 30.5 Å². The van der Waals surface area contributed by atoms with E-state index in [1.165, 1.54) is 4.90 Å². The zero-order chi connectivity index (χ0) is 33.1. The van der Waals surface area contributed by atoms with Crippen molar-refractivity contribution < 1.29 is 22.7 Å². The van der Waals surface area contributed by atoms with Crippen LogP contribution in [0.2, 0.25) is 5.02 Å². The maximum absolute atomic E-state index is 14.4. The van der Waals surface area contributed by atoms with E-state index in [-0.39, 0.29) is 38.6 Å². The van der Waals surface area contributed by atoms with E-state index in [0.717, 1.165) is 27.7 Å². The van der Waals surface area contributed by atoms with Gasteiger partial charge in [-0.2, -0.15) is 9.97 Å². The van der Waals surface area contributed by atoms with Gasteiger partial charge in [0.05, 0.1) is 29.8 Å². The van der Waals surface area contributed by atoms with Gasteiger partial charge >= 0.3 is 6.01 Å². The molecule has 1 saturated carbocycles. The Kier molecular flexibility index (Phi) is 7.96. The van der Waals surface area contributed by atoms with Crippen molar-refractivity contribution in [3.8, 4) is 6.01 Å². The smallest absolute Gasteiger partial charge is 0.319 e. The van der Waals surface area contributed by atoms with E-state index in [0.29, 0.717) is 49.7 Å². The fourth-order valence-electron chi connectivity index (χ4n) is 7.55. The Labute approximate surface area is 276 Å². The third-order valence-electron chi connectivity index (χ3n) is 9.92. The molecule has 2 atom stereocenters. The first-order chi connectivity index (χ1) is 22.5. The third kappa shape index (κ3) is 5.84. The highest BCUT2D eigenvalue weighted by atomic mass is 35.5. The number of nitrogens with zero attached hydrogens (tertiary/aromatic N) is 7. The fourth-order valence-corrected chi connectivity index (χ4v) is 7.83. The molecule has 13 heteroatoms. The number of benzene rings is 2. The highest BCUT2D eigenvalue weighted by Crippen LogP contribution is 2.50. The van der Waals surface area contributed by atoms with Crippen LogP contribution in [0.15, 0.2) is 48.8 Å². The highest BCUT2D eigenvalue weighted by Gasteiger charge is 2.60. The summed E-state index contributed by atoms with van der Waals surface area (Å²) in [6, 6.07) is 11.0. The number of alkyl halides is 2. The minimum Gasteiger partial charge on any atom is -0.455 e. The Morgan fingerprint density at radius 2 is 1.91 bits per heavy atom. The summed E-state index contributed by atoms with van der Waals surface area (Å²) >= 11 is 6.69. The van der Waals surface area contributed by atoms with Crippen molar-refractivity contribution in [3.05, 3.63) is 76.5 Å². The van der Waals surface area contributed by atoms with Crippen LogP contribution in [-0.2, 0) is 17.8 Å². The largest absolute Gasteiger partial charge is 0.455 e. The third-order valence-corrected chi connectivity index (χ3v) is 10.2. The van der Waals surface area contributed by atoms with E-state index in [1.807, 2.05) is 41.3 Å². The molecule has 4 heterocycles. The average Bonchev–Trinajstić information content (AvgIpc) is 3.75. The number of hydrogen-bond acceptors (Lipinski definition) is 7. The van der Waals surface area contributed by atoms with E-state index in [1.54, 1.807) is 11.9 Å². The summed E-state index contributed by atoms with van der Waals surface area (Å²) in [6.07, 6.45) is 1.55. The first-order valence-corrected chi connectivity index (χ1v) is 16.2. The number of likely N-dealkylation sites (N-methyl/N-ethyl adjacent to an activating group) is 1. The number of fused-ring (bicyclic) bond motifs is 2. The van der Waals surface area contributed by atoms with Gasteiger partial charge in [0.1, 0.15) is 17.5 Å². The molecule has 47 heavy (non-hydrogen) atoms. The van der Waals surface area contributed by atoms with Crippen molar-refractivity contribution >= 4 is 39.8 Å². The number of halogens is 4. The minimum absolute atomic E-state index is 0.00684. The number of rotatable bonds is 7. The molecule has 246 valence electrons. The predicted octanol–water partition coefficient (Wildman–Crippen LogP) is 5.52. The first-order valence-electron chi connectivity index (χ1n) is 15.8. The quantitative estimate of drug-likeness (QED) is 0.243. The Bertz CT molecular complexity index is 1790. The van der Waals surface area contributed by atoms with Crippen molar-refractivity contribution in [1.82, 2.24) is 19.8 Å². The van der Waals surface area contributed by atoms with Crippen LogP contribution >= 0.6 is 11.6 Å². The van der Waals surface area contributed by atoms with Crippen LogP contribution in [-0.4, -0.2) is 95.6 Å². The topological polar surface area (TPSA) is 69.4 Å². The second kappa shape index (κ2) is 11.9. The normalized spacial score (nSPS) is 23.4. The fraction of sp³-hybridized carbons (Fsp3) is 0.471. The molecule has 0 bridgehead atoms. The van der Waals surface area contributed by atoms with Crippen LogP contribution in [0.25, 0.3) is 15.6 Å². The standard InChI is InChI=1S/C34H35ClF3N7O2/c1-21(36)31(46)45-15-14-44(18-23(45)17-39-2)30-24-10-13-43(27-9-5-7-22-6-4-8-25(35)29(22)27)19-26(24)40-32(41-30)47-33(11-12-33)28-16-34(37,38)20-42(28)3/h4-9,23,28H,1,10-20H2,3H3/t23-,28?/m0/s1. The molecule has 7 rings (SSSR count). The Morgan fingerprint density at radius 1 is 1.15 bits per heavy atom. The van der Waals surface area contributed by atoms with Gasteiger partial charge in [-0.15, -0.1) is 0 Å². The number of likely N-dealkylation sites (tertiary alicyclic amines) is 1.